The summed E-state index contributed by atoms with van der Waals surface area (Å²) < 4.78 is 0. The molecule has 2 aromatic rings. The number of carbonyl (C=O) groups is 3. The molecule has 1 fully saturated rings. The lowest BCUT2D eigenvalue weighted by Crippen LogP contribution is -2.41. The molecule has 1 aromatic carbocycles. The number of benzene rings is 1. The molecule has 7 heteroatoms. The molecule has 7 nitrogen and oxygen atoms in total. The summed E-state index contributed by atoms with van der Waals surface area (Å²) in [5, 5.41) is 11.9. The van der Waals surface area contributed by atoms with Crippen molar-refractivity contribution in [2.75, 3.05) is 0 Å². The van der Waals surface area contributed by atoms with E-state index in [1.165, 1.54) is 6.07 Å². The van der Waals surface area contributed by atoms with Gasteiger partial charge in [0.05, 0.1) is 17.8 Å². The number of amides is 3. The maximum Gasteiger partial charge on any atom is 0.336 e. The molecule has 24 heavy (non-hydrogen) atoms. The molecule has 1 aliphatic heterocycles. The average Bonchev–Trinajstić information content (AvgIpc) is 2.80. The molecular formula is C17H15N3O4. The van der Waals surface area contributed by atoms with E-state index in [1.54, 1.807) is 49.5 Å². The van der Waals surface area contributed by atoms with Crippen LogP contribution in [0.1, 0.15) is 28.5 Å². The molecule has 0 bridgehead atoms. The highest BCUT2D eigenvalue weighted by Crippen LogP contribution is 2.28. The van der Waals surface area contributed by atoms with E-state index in [4.69, 9.17) is 0 Å². The molecule has 1 unspecified atom stereocenters. The van der Waals surface area contributed by atoms with Gasteiger partial charge >= 0.3 is 12.0 Å². The van der Waals surface area contributed by atoms with Crippen LogP contribution in [-0.4, -0.2) is 32.9 Å². The molecule has 1 saturated heterocycles. The van der Waals surface area contributed by atoms with Crippen molar-refractivity contribution in [3.05, 3.63) is 65.5 Å². The number of pyridine rings is 1. The van der Waals surface area contributed by atoms with Crippen molar-refractivity contribution in [3.63, 3.8) is 0 Å². The second-order valence-corrected chi connectivity index (χ2v) is 5.62. The third-order valence-electron chi connectivity index (χ3n) is 4.03. The van der Waals surface area contributed by atoms with Crippen LogP contribution in [0.25, 0.3) is 0 Å². The van der Waals surface area contributed by atoms with Crippen molar-refractivity contribution < 1.29 is 19.5 Å². The second kappa shape index (κ2) is 5.77. The maximum absolute atomic E-state index is 12.8. The number of nitrogens with zero attached hydrogens (tertiary/aromatic N) is 2. The van der Waals surface area contributed by atoms with Crippen LogP contribution in [0.3, 0.4) is 0 Å². The first kappa shape index (κ1) is 15.7. The Morgan fingerprint density at radius 2 is 1.92 bits per heavy atom. The SMILES string of the molecule is CC1(c2ccccn2)NC(=O)N(Cc2ccccc2C(=O)O)C1=O. The van der Waals surface area contributed by atoms with Gasteiger partial charge in [0, 0.05) is 6.20 Å². The van der Waals surface area contributed by atoms with Crippen molar-refractivity contribution in [2.24, 2.45) is 0 Å². The largest absolute Gasteiger partial charge is 0.478 e. The number of aromatic nitrogens is 1. The van der Waals surface area contributed by atoms with Crippen molar-refractivity contribution in [1.82, 2.24) is 15.2 Å². The second-order valence-electron chi connectivity index (χ2n) is 5.62. The molecule has 1 atom stereocenters. The van der Waals surface area contributed by atoms with Gasteiger partial charge in [-0.25, -0.2) is 9.59 Å². The van der Waals surface area contributed by atoms with Crippen LogP contribution >= 0.6 is 0 Å². The Hall–Kier alpha value is -3.22. The Labute approximate surface area is 137 Å². The standard InChI is InChI=1S/C17H15N3O4/c1-17(13-8-4-5-9-18-13)15(23)20(16(24)19-17)10-11-6-2-3-7-12(11)14(21)22/h2-9H,10H2,1H3,(H,19,24)(H,21,22). The summed E-state index contributed by atoms with van der Waals surface area (Å²) in [7, 11) is 0. The lowest BCUT2D eigenvalue weighted by molar-refractivity contribution is -0.131. The lowest BCUT2D eigenvalue weighted by Gasteiger charge is -2.21. The molecule has 2 N–H and O–H groups in total. The van der Waals surface area contributed by atoms with Gasteiger partial charge in [-0.2, -0.15) is 0 Å². The van der Waals surface area contributed by atoms with Crippen LogP contribution in [0.4, 0.5) is 4.79 Å². The van der Waals surface area contributed by atoms with E-state index in [0.29, 0.717) is 11.3 Å². The first-order chi connectivity index (χ1) is 11.4. The minimum Gasteiger partial charge on any atom is -0.478 e. The molecule has 122 valence electrons. The smallest absolute Gasteiger partial charge is 0.336 e. The van der Waals surface area contributed by atoms with Gasteiger partial charge in [0.1, 0.15) is 0 Å². The molecule has 3 rings (SSSR count). The first-order valence-corrected chi connectivity index (χ1v) is 7.30. The van der Waals surface area contributed by atoms with Gasteiger partial charge in [-0.1, -0.05) is 24.3 Å². The van der Waals surface area contributed by atoms with Crippen LogP contribution in [0.15, 0.2) is 48.7 Å². The predicted octanol–water partition coefficient (Wildman–Crippen LogP) is 1.75. The van der Waals surface area contributed by atoms with Gasteiger partial charge in [0.2, 0.25) is 0 Å². The first-order valence-electron chi connectivity index (χ1n) is 7.30. The van der Waals surface area contributed by atoms with E-state index in [1.807, 2.05) is 0 Å². The molecule has 0 aliphatic carbocycles. The summed E-state index contributed by atoms with van der Waals surface area (Å²) in [6.07, 6.45) is 1.54. The summed E-state index contributed by atoms with van der Waals surface area (Å²) in [4.78, 5) is 41.5. The zero-order valence-corrected chi connectivity index (χ0v) is 12.9. The molecular weight excluding hydrogens is 310 g/mol. The Balaban J connectivity index is 1.93. The summed E-state index contributed by atoms with van der Waals surface area (Å²) in [5.41, 5.74) is -0.392. The van der Waals surface area contributed by atoms with Gasteiger partial charge in [0.15, 0.2) is 5.54 Å². The third kappa shape index (κ3) is 2.50. The number of carbonyl (C=O) groups excluding carboxylic acids is 2. The van der Waals surface area contributed by atoms with E-state index in [-0.39, 0.29) is 12.1 Å². The molecule has 1 aromatic heterocycles. The maximum atomic E-state index is 12.8. The number of imide groups is 1. The fraction of sp³-hybridized carbons (Fsp3) is 0.176. The number of nitrogens with one attached hydrogen (secondary N) is 1. The highest BCUT2D eigenvalue weighted by atomic mass is 16.4. The van der Waals surface area contributed by atoms with Crippen LogP contribution in [0.2, 0.25) is 0 Å². The van der Waals surface area contributed by atoms with Crippen molar-refractivity contribution >= 4 is 17.9 Å². The number of urea groups is 1. The quantitative estimate of drug-likeness (QED) is 0.834. The number of carboxylic acid groups (broad SMARTS) is 1. The molecule has 0 radical (unpaired) electrons. The number of aromatic carboxylic acids is 1. The summed E-state index contributed by atoms with van der Waals surface area (Å²) in [5.74, 6) is -1.57. The predicted molar refractivity (Wildman–Crippen MR) is 84.1 cm³/mol. The van der Waals surface area contributed by atoms with E-state index >= 15 is 0 Å². The van der Waals surface area contributed by atoms with Crippen molar-refractivity contribution in [2.45, 2.75) is 19.0 Å². The van der Waals surface area contributed by atoms with Crippen LogP contribution in [0, 0.1) is 0 Å². The van der Waals surface area contributed by atoms with Gasteiger partial charge in [-0.15, -0.1) is 0 Å². The van der Waals surface area contributed by atoms with Crippen molar-refractivity contribution in [3.8, 4) is 0 Å². The molecule has 0 spiro atoms. The molecule has 2 heterocycles. The molecule has 3 amide bonds. The van der Waals surface area contributed by atoms with Crippen molar-refractivity contribution in [1.29, 1.82) is 0 Å². The monoisotopic (exact) mass is 325 g/mol. The minimum atomic E-state index is -1.27. The average molecular weight is 325 g/mol. The fourth-order valence-electron chi connectivity index (χ4n) is 2.71. The highest BCUT2D eigenvalue weighted by molar-refractivity contribution is 6.07. The topological polar surface area (TPSA) is 99.6 Å². The van der Waals surface area contributed by atoms with Crippen LogP contribution in [-0.2, 0) is 16.9 Å². The molecule has 1 aliphatic rings. The fourth-order valence-corrected chi connectivity index (χ4v) is 2.71. The summed E-state index contributed by atoms with van der Waals surface area (Å²) in [6.45, 7) is 1.47. The van der Waals surface area contributed by atoms with Crippen LogP contribution in [0.5, 0.6) is 0 Å². The van der Waals surface area contributed by atoms with E-state index in [9.17, 15) is 19.5 Å². The van der Waals surface area contributed by atoms with Gasteiger partial charge in [-0.3, -0.25) is 14.7 Å². The number of hydrogen-bond donors (Lipinski definition) is 2. The van der Waals surface area contributed by atoms with Gasteiger partial charge in [-0.05, 0) is 30.7 Å². The normalized spacial score (nSPS) is 20.1. The number of carboxylic acids is 1. The highest BCUT2D eigenvalue weighted by Gasteiger charge is 2.50. The minimum absolute atomic E-state index is 0.0598. The summed E-state index contributed by atoms with van der Waals surface area (Å²) in [6, 6.07) is 10.8. The Morgan fingerprint density at radius 3 is 2.58 bits per heavy atom. The molecule has 0 saturated carbocycles. The van der Waals surface area contributed by atoms with Gasteiger partial charge in [0.25, 0.3) is 5.91 Å². The Morgan fingerprint density at radius 1 is 1.21 bits per heavy atom. The van der Waals surface area contributed by atoms with E-state index in [0.717, 1.165) is 4.90 Å². The third-order valence-corrected chi connectivity index (χ3v) is 4.03. The zero-order chi connectivity index (χ0) is 17.3. The zero-order valence-electron chi connectivity index (χ0n) is 12.9. The van der Waals surface area contributed by atoms with E-state index < -0.39 is 23.4 Å². The van der Waals surface area contributed by atoms with Gasteiger partial charge < -0.3 is 10.4 Å². The lowest BCUT2D eigenvalue weighted by atomic mass is 9.97. The summed E-state index contributed by atoms with van der Waals surface area (Å²) >= 11 is 0. The Kier molecular flexibility index (Phi) is 3.76. The number of rotatable bonds is 4. The van der Waals surface area contributed by atoms with E-state index in [2.05, 4.69) is 10.3 Å². The number of hydrogen-bond acceptors (Lipinski definition) is 4. The van der Waals surface area contributed by atoms with Crippen LogP contribution < -0.4 is 5.32 Å². The Bertz CT molecular complexity index is 822.